The number of hydrogen-bond acceptors (Lipinski definition) is 5. The van der Waals surface area contributed by atoms with Gasteiger partial charge in [0.15, 0.2) is 0 Å². The monoisotopic (exact) mass is 427 g/mol. The molecule has 7 nitrogen and oxygen atoms in total. The van der Waals surface area contributed by atoms with Crippen LogP contribution in [0.1, 0.15) is 39.2 Å². The molecule has 0 heterocycles. The molecule has 0 saturated heterocycles. The second kappa shape index (κ2) is 12.9. The van der Waals surface area contributed by atoms with E-state index in [9.17, 15) is 14.2 Å². The van der Waals surface area contributed by atoms with Crippen molar-refractivity contribution in [3.63, 3.8) is 0 Å². The van der Waals surface area contributed by atoms with Crippen LogP contribution < -0.4 is 5.32 Å². The topological polar surface area (TPSA) is 102 Å². The Hall–Kier alpha value is -0.430. The molecule has 150 valence electrons. The quantitative estimate of drug-likeness (QED) is 0.415. The average molecular weight is 427 g/mol. The molecule has 0 saturated carbocycles. The normalized spacial score (nSPS) is 14.5. The number of rotatable bonds is 11. The SMILES string of the molecule is CCOP(=O)(OCC)C(C(=O)NC[C@H](C)C(=O)O)C(C)c1ccccc1.[CaH2]. The first kappa shape index (κ1) is 26.6. The van der Waals surface area contributed by atoms with Gasteiger partial charge in [0.1, 0.15) is 5.66 Å². The molecule has 1 rings (SSSR count). The third-order valence-electron chi connectivity index (χ3n) is 4.03. The Bertz CT molecular complexity index is 632. The number of benzene rings is 1. The van der Waals surface area contributed by atoms with Gasteiger partial charge < -0.3 is 19.5 Å². The van der Waals surface area contributed by atoms with Crippen LogP contribution in [-0.4, -0.2) is 80.1 Å². The standard InChI is InChI=1S/C18H28NO6P.Ca.2H/c1-5-24-26(23,25-6-2)16(14(4)15-10-8-7-9-11-15)17(20)19-12-13(3)18(21)22;;;/h7-11,13-14,16H,5-6,12H2,1-4H3,(H,19,20)(H,21,22);;;/t13-,14?,16?;;;/m0.../s1. The summed E-state index contributed by atoms with van der Waals surface area (Å²) in [5.74, 6) is -2.76. The van der Waals surface area contributed by atoms with E-state index < -0.39 is 37.0 Å². The van der Waals surface area contributed by atoms with Gasteiger partial charge in [-0.1, -0.05) is 44.2 Å². The maximum atomic E-state index is 13.3. The first-order valence-corrected chi connectivity index (χ1v) is 10.3. The molecule has 0 aliphatic rings. The van der Waals surface area contributed by atoms with E-state index in [1.165, 1.54) is 6.92 Å². The first-order valence-electron chi connectivity index (χ1n) is 8.71. The van der Waals surface area contributed by atoms with Gasteiger partial charge in [-0.25, -0.2) is 0 Å². The van der Waals surface area contributed by atoms with Crippen molar-refractivity contribution >= 4 is 57.2 Å². The number of carbonyl (C=O) groups is 2. The number of hydrogen-bond donors (Lipinski definition) is 2. The van der Waals surface area contributed by atoms with Crippen molar-refractivity contribution in [2.24, 2.45) is 5.92 Å². The molecule has 1 aromatic carbocycles. The molecule has 2 N–H and O–H groups in total. The Labute approximate surface area is 190 Å². The Morgan fingerprint density at radius 1 is 1.11 bits per heavy atom. The zero-order valence-corrected chi connectivity index (χ0v) is 16.6. The van der Waals surface area contributed by atoms with Gasteiger partial charge in [-0.05, 0) is 19.4 Å². The first-order chi connectivity index (χ1) is 12.3. The van der Waals surface area contributed by atoms with E-state index in [4.69, 9.17) is 14.2 Å². The minimum absolute atomic E-state index is 0. The van der Waals surface area contributed by atoms with Gasteiger partial charge in [0.25, 0.3) is 0 Å². The van der Waals surface area contributed by atoms with Crippen LogP contribution in [0.5, 0.6) is 0 Å². The van der Waals surface area contributed by atoms with Gasteiger partial charge in [-0.2, -0.15) is 0 Å². The van der Waals surface area contributed by atoms with Crippen LogP contribution in [0.2, 0.25) is 0 Å². The van der Waals surface area contributed by atoms with Crippen molar-refractivity contribution < 1.29 is 28.3 Å². The second-order valence-electron chi connectivity index (χ2n) is 6.00. The van der Waals surface area contributed by atoms with Crippen molar-refractivity contribution in [3.05, 3.63) is 35.9 Å². The molecule has 0 aromatic heterocycles. The van der Waals surface area contributed by atoms with Crippen molar-refractivity contribution in [2.45, 2.75) is 39.3 Å². The van der Waals surface area contributed by atoms with Crippen LogP contribution in [0.3, 0.4) is 0 Å². The van der Waals surface area contributed by atoms with Gasteiger partial charge in [0.05, 0.1) is 19.1 Å². The third-order valence-corrected chi connectivity index (χ3v) is 6.63. The van der Waals surface area contributed by atoms with E-state index in [0.717, 1.165) is 5.56 Å². The molecule has 0 aliphatic carbocycles. The maximum absolute atomic E-state index is 13.3. The van der Waals surface area contributed by atoms with Crippen molar-refractivity contribution in [1.29, 1.82) is 0 Å². The van der Waals surface area contributed by atoms with E-state index in [0.29, 0.717) is 0 Å². The Morgan fingerprint density at radius 3 is 2.07 bits per heavy atom. The van der Waals surface area contributed by atoms with Crippen LogP contribution in [0.4, 0.5) is 0 Å². The van der Waals surface area contributed by atoms with Crippen molar-refractivity contribution in [2.75, 3.05) is 19.8 Å². The molecule has 0 aliphatic heterocycles. The third kappa shape index (κ3) is 7.84. The summed E-state index contributed by atoms with van der Waals surface area (Å²) in [5.41, 5.74) is -0.260. The van der Waals surface area contributed by atoms with Crippen LogP contribution in [0, 0.1) is 5.92 Å². The molecular weight excluding hydrogens is 397 g/mol. The summed E-state index contributed by atoms with van der Waals surface area (Å²) in [5, 5.41) is 11.6. The second-order valence-corrected chi connectivity index (χ2v) is 8.16. The molecule has 2 unspecified atom stereocenters. The molecule has 3 atom stereocenters. The summed E-state index contributed by atoms with van der Waals surface area (Å²) in [4.78, 5) is 23.8. The zero-order chi connectivity index (χ0) is 19.7. The summed E-state index contributed by atoms with van der Waals surface area (Å²) in [7, 11) is -3.75. The Kier molecular flexibility index (Phi) is 12.7. The van der Waals surface area contributed by atoms with Crippen molar-refractivity contribution in [3.8, 4) is 0 Å². The number of aliphatic carboxylic acids is 1. The Balaban J connectivity index is 0.00000676. The molecule has 27 heavy (non-hydrogen) atoms. The van der Waals surface area contributed by atoms with E-state index in [-0.39, 0.29) is 57.5 Å². The Morgan fingerprint density at radius 2 is 1.63 bits per heavy atom. The van der Waals surface area contributed by atoms with Crippen molar-refractivity contribution in [1.82, 2.24) is 5.32 Å². The summed E-state index contributed by atoms with van der Waals surface area (Å²) >= 11 is 0. The van der Waals surface area contributed by atoms with Crippen LogP contribution in [0.25, 0.3) is 0 Å². The number of nitrogens with one attached hydrogen (secondary N) is 1. The molecular formula is C18H30CaNO6P. The molecule has 1 aromatic rings. The summed E-state index contributed by atoms with van der Waals surface area (Å²) in [6, 6.07) is 9.20. The van der Waals surface area contributed by atoms with E-state index in [1.807, 2.05) is 30.3 Å². The fourth-order valence-electron chi connectivity index (χ4n) is 2.59. The average Bonchev–Trinajstić information content (AvgIpc) is 2.60. The molecule has 0 spiro atoms. The van der Waals surface area contributed by atoms with E-state index in [2.05, 4.69) is 5.32 Å². The van der Waals surface area contributed by atoms with Gasteiger partial charge in [0.2, 0.25) is 5.91 Å². The van der Waals surface area contributed by atoms with Crippen LogP contribution in [-0.2, 0) is 23.2 Å². The molecule has 0 fully saturated rings. The minimum atomic E-state index is -3.75. The van der Waals surface area contributed by atoms with Gasteiger partial charge in [0, 0.05) is 12.5 Å². The number of amides is 1. The van der Waals surface area contributed by atoms with Gasteiger partial charge >= 0.3 is 51.3 Å². The van der Waals surface area contributed by atoms with E-state index in [1.54, 1.807) is 20.8 Å². The summed E-state index contributed by atoms with van der Waals surface area (Å²) in [6.07, 6.45) is 0. The van der Waals surface area contributed by atoms with Crippen LogP contribution in [0.15, 0.2) is 30.3 Å². The number of carbonyl (C=O) groups excluding carboxylic acids is 1. The number of carboxylic acids is 1. The predicted molar refractivity (Wildman–Crippen MR) is 108 cm³/mol. The summed E-state index contributed by atoms with van der Waals surface area (Å²) in [6.45, 7) is 6.83. The fourth-order valence-corrected chi connectivity index (χ4v) is 4.80. The zero-order valence-electron chi connectivity index (χ0n) is 15.7. The summed E-state index contributed by atoms with van der Waals surface area (Å²) < 4.78 is 24.1. The molecule has 1 amide bonds. The van der Waals surface area contributed by atoms with E-state index >= 15 is 0 Å². The van der Waals surface area contributed by atoms with Gasteiger partial charge in [-0.15, -0.1) is 0 Å². The molecule has 9 heteroatoms. The predicted octanol–water partition coefficient (Wildman–Crippen LogP) is 2.35. The van der Waals surface area contributed by atoms with Crippen LogP contribution >= 0.6 is 7.60 Å². The number of carboxylic acid groups (broad SMARTS) is 1. The molecule has 0 bridgehead atoms. The molecule has 0 radical (unpaired) electrons. The fraction of sp³-hybridized carbons (Fsp3) is 0.556. The van der Waals surface area contributed by atoms with Gasteiger partial charge in [-0.3, -0.25) is 14.2 Å².